The summed E-state index contributed by atoms with van der Waals surface area (Å²) in [5, 5.41) is 5.24. The first-order valence-electron chi connectivity index (χ1n) is 6.98. The van der Waals surface area contributed by atoms with Gasteiger partial charge >= 0.3 is 0 Å². The van der Waals surface area contributed by atoms with Gasteiger partial charge in [0.25, 0.3) is 0 Å². The van der Waals surface area contributed by atoms with E-state index in [2.05, 4.69) is 63.5 Å². The molecule has 0 aliphatic carbocycles. The molecule has 0 spiro atoms. The second kappa shape index (κ2) is 6.44. The van der Waals surface area contributed by atoms with Crippen molar-refractivity contribution in [3.8, 4) is 0 Å². The molecule has 1 heterocycles. The van der Waals surface area contributed by atoms with Gasteiger partial charge in [-0.05, 0) is 27.2 Å². The second-order valence-electron chi connectivity index (χ2n) is 6.18. The van der Waals surface area contributed by atoms with E-state index in [-0.39, 0.29) is 5.54 Å². The lowest BCUT2D eigenvalue weighted by Crippen LogP contribution is -2.51. The highest BCUT2D eigenvalue weighted by molar-refractivity contribution is 8.00. The Labute approximate surface area is 112 Å². The van der Waals surface area contributed by atoms with Gasteiger partial charge in [-0.2, -0.15) is 11.8 Å². The topological polar surface area (TPSA) is 15.3 Å². The Morgan fingerprint density at radius 1 is 1.29 bits per heavy atom. The van der Waals surface area contributed by atoms with Crippen LogP contribution >= 0.6 is 11.8 Å². The summed E-state index contributed by atoms with van der Waals surface area (Å²) in [7, 11) is 0. The molecular formula is C14H30N2S. The van der Waals surface area contributed by atoms with Gasteiger partial charge in [-0.15, -0.1) is 0 Å². The highest BCUT2D eigenvalue weighted by atomic mass is 32.2. The number of hydrogen-bond acceptors (Lipinski definition) is 3. The molecule has 102 valence electrons. The minimum Gasteiger partial charge on any atom is -0.310 e. The molecule has 3 heteroatoms. The Bertz CT molecular complexity index is 220. The molecule has 0 aromatic rings. The number of rotatable bonds is 5. The summed E-state index contributed by atoms with van der Waals surface area (Å²) in [5.74, 6) is 0. The molecule has 3 atom stereocenters. The Hall–Kier alpha value is 0.270. The lowest BCUT2D eigenvalue weighted by atomic mass is 10.0. The smallest absolute Gasteiger partial charge is 0.0193 e. The second-order valence-corrected chi connectivity index (χ2v) is 8.06. The van der Waals surface area contributed by atoms with E-state index in [0.717, 1.165) is 17.0 Å². The fourth-order valence-electron chi connectivity index (χ4n) is 2.26. The molecule has 17 heavy (non-hydrogen) atoms. The summed E-state index contributed by atoms with van der Waals surface area (Å²) in [6.07, 6.45) is 1.18. The first-order chi connectivity index (χ1) is 7.84. The molecule has 0 aromatic heterocycles. The molecule has 1 rings (SSSR count). The van der Waals surface area contributed by atoms with Crippen LogP contribution in [0.25, 0.3) is 0 Å². The Morgan fingerprint density at radius 2 is 1.82 bits per heavy atom. The zero-order valence-electron chi connectivity index (χ0n) is 12.4. The van der Waals surface area contributed by atoms with Crippen LogP contribution < -0.4 is 5.32 Å². The quantitative estimate of drug-likeness (QED) is 0.816. The Kier molecular flexibility index (Phi) is 5.81. The van der Waals surface area contributed by atoms with Crippen molar-refractivity contribution >= 4 is 11.8 Å². The molecule has 0 radical (unpaired) electrons. The SMILES string of the molecule is CCC(C)(C)NCC(C)N1CC(C)SC(C)C1. The van der Waals surface area contributed by atoms with Crippen LogP contribution in [0.2, 0.25) is 0 Å². The van der Waals surface area contributed by atoms with E-state index in [1.54, 1.807) is 0 Å². The van der Waals surface area contributed by atoms with Gasteiger partial charge in [-0.3, -0.25) is 4.90 Å². The van der Waals surface area contributed by atoms with Crippen LogP contribution in [0.4, 0.5) is 0 Å². The molecule has 2 nitrogen and oxygen atoms in total. The van der Waals surface area contributed by atoms with Crippen molar-refractivity contribution in [3.05, 3.63) is 0 Å². The maximum Gasteiger partial charge on any atom is 0.0193 e. The predicted octanol–water partition coefficient (Wildman–Crippen LogP) is 2.98. The van der Waals surface area contributed by atoms with E-state index >= 15 is 0 Å². The van der Waals surface area contributed by atoms with Crippen molar-refractivity contribution in [1.29, 1.82) is 0 Å². The number of nitrogens with one attached hydrogen (secondary N) is 1. The average molecular weight is 258 g/mol. The van der Waals surface area contributed by atoms with Gasteiger partial charge in [-0.25, -0.2) is 0 Å². The highest BCUT2D eigenvalue weighted by Crippen LogP contribution is 2.25. The van der Waals surface area contributed by atoms with Crippen molar-refractivity contribution in [2.45, 2.75) is 70.0 Å². The molecule has 0 aromatic carbocycles. The van der Waals surface area contributed by atoms with Gasteiger partial charge in [0.15, 0.2) is 0 Å². The minimum atomic E-state index is 0.274. The van der Waals surface area contributed by atoms with Crippen molar-refractivity contribution in [2.24, 2.45) is 0 Å². The maximum atomic E-state index is 3.69. The van der Waals surface area contributed by atoms with Crippen LogP contribution in [0.1, 0.15) is 48.0 Å². The monoisotopic (exact) mass is 258 g/mol. The predicted molar refractivity (Wildman–Crippen MR) is 79.9 cm³/mol. The molecule has 1 aliphatic heterocycles. The summed E-state index contributed by atoms with van der Waals surface area (Å²) >= 11 is 2.13. The van der Waals surface area contributed by atoms with E-state index < -0.39 is 0 Å². The van der Waals surface area contributed by atoms with Crippen LogP contribution in [-0.2, 0) is 0 Å². The van der Waals surface area contributed by atoms with E-state index in [0.29, 0.717) is 6.04 Å². The minimum absolute atomic E-state index is 0.274. The number of nitrogens with zero attached hydrogens (tertiary/aromatic N) is 1. The molecule has 1 fully saturated rings. The fourth-order valence-corrected chi connectivity index (χ4v) is 3.60. The van der Waals surface area contributed by atoms with Gasteiger partial charge < -0.3 is 5.32 Å². The lowest BCUT2D eigenvalue weighted by molar-refractivity contribution is 0.189. The maximum absolute atomic E-state index is 3.69. The molecule has 1 saturated heterocycles. The molecular weight excluding hydrogens is 228 g/mol. The average Bonchev–Trinajstić information content (AvgIpc) is 2.24. The van der Waals surface area contributed by atoms with Crippen LogP contribution in [0.3, 0.4) is 0 Å². The van der Waals surface area contributed by atoms with Crippen molar-refractivity contribution in [3.63, 3.8) is 0 Å². The van der Waals surface area contributed by atoms with Gasteiger partial charge in [0.05, 0.1) is 0 Å². The summed E-state index contributed by atoms with van der Waals surface area (Å²) in [4.78, 5) is 2.64. The van der Waals surface area contributed by atoms with Crippen molar-refractivity contribution in [2.75, 3.05) is 19.6 Å². The molecule has 1 aliphatic rings. The van der Waals surface area contributed by atoms with Crippen LogP contribution in [0, 0.1) is 0 Å². The van der Waals surface area contributed by atoms with Gasteiger partial charge in [-0.1, -0.05) is 20.8 Å². The molecule has 1 N–H and O–H groups in total. The van der Waals surface area contributed by atoms with Crippen molar-refractivity contribution < 1.29 is 0 Å². The molecule has 0 bridgehead atoms. The molecule has 0 saturated carbocycles. The lowest BCUT2D eigenvalue weighted by Gasteiger charge is -2.39. The highest BCUT2D eigenvalue weighted by Gasteiger charge is 2.26. The van der Waals surface area contributed by atoms with E-state index in [1.165, 1.54) is 19.5 Å². The summed E-state index contributed by atoms with van der Waals surface area (Å²) < 4.78 is 0. The van der Waals surface area contributed by atoms with E-state index in [4.69, 9.17) is 0 Å². The fraction of sp³-hybridized carbons (Fsp3) is 1.00. The number of hydrogen-bond donors (Lipinski definition) is 1. The summed E-state index contributed by atoms with van der Waals surface area (Å²) in [6, 6.07) is 0.645. The van der Waals surface area contributed by atoms with Crippen LogP contribution in [0.5, 0.6) is 0 Å². The summed E-state index contributed by atoms with van der Waals surface area (Å²) in [5.41, 5.74) is 0.274. The molecule has 0 amide bonds. The van der Waals surface area contributed by atoms with Crippen LogP contribution in [0.15, 0.2) is 0 Å². The first kappa shape index (κ1) is 15.3. The standard InChI is InChI=1S/C14H30N2S/c1-7-14(5,6)15-8-11(2)16-9-12(3)17-13(4)10-16/h11-13,15H,7-10H2,1-6H3. The normalized spacial score (nSPS) is 29.3. The van der Waals surface area contributed by atoms with Gasteiger partial charge in [0.2, 0.25) is 0 Å². The number of thioether (sulfide) groups is 1. The third kappa shape index (κ3) is 5.19. The molecule has 3 unspecified atom stereocenters. The van der Waals surface area contributed by atoms with E-state index in [9.17, 15) is 0 Å². The zero-order chi connectivity index (χ0) is 13.1. The third-order valence-electron chi connectivity index (χ3n) is 3.83. The largest absolute Gasteiger partial charge is 0.310 e. The first-order valence-corrected chi connectivity index (χ1v) is 7.93. The Morgan fingerprint density at radius 3 is 2.29 bits per heavy atom. The van der Waals surface area contributed by atoms with Crippen molar-refractivity contribution in [1.82, 2.24) is 10.2 Å². The zero-order valence-corrected chi connectivity index (χ0v) is 13.2. The van der Waals surface area contributed by atoms with Gasteiger partial charge in [0, 0.05) is 41.7 Å². The summed E-state index contributed by atoms with van der Waals surface area (Å²) in [6.45, 7) is 17.5. The van der Waals surface area contributed by atoms with Crippen LogP contribution in [-0.4, -0.2) is 46.6 Å². The van der Waals surface area contributed by atoms with Gasteiger partial charge in [0.1, 0.15) is 0 Å². The Balaban J connectivity index is 2.39. The third-order valence-corrected chi connectivity index (χ3v) is 5.06. The van der Waals surface area contributed by atoms with E-state index in [1.807, 2.05) is 0 Å².